The summed E-state index contributed by atoms with van der Waals surface area (Å²) < 4.78 is 0. The fraction of sp³-hybridized carbons (Fsp3) is 0.522. The molecule has 2 aliphatic carbocycles. The number of nitrogens with zero attached hydrogens (tertiary/aromatic N) is 2. The van der Waals surface area contributed by atoms with Gasteiger partial charge in [0.25, 0.3) is 0 Å². The van der Waals surface area contributed by atoms with E-state index in [2.05, 4.69) is 56.7 Å². The first kappa shape index (κ1) is 18.1. The number of aromatic nitrogens is 2. The van der Waals surface area contributed by atoms with Gasteiger partial charge in [0.15, 0.2) is 0 Å². The minimum Gasteiger partial charge on any atom is -0.478 e. The number of carboxylic acids is 1. The first-order chi connectivity index (χ1) is 12.6. The zero-order chi connectivity index (χ0) is 19.6. The summed E-state index contributed by atoms with van der Waals surface area (Å²) in [5.41, 5.74) is 5.87. The molecule has 0 amide bonds. The molecule has 1 saturated carbocycles. The van der Waals surface area contributed by atoms with E-state index in [0.717, 1.165) is 18.7 Å². The molecule has 4 heteroatoms. The Balaban J connectivity index is 1.84. The van der Waals surface area contributed by atoms with Gasteiger partial charge in [0, 0.05) is 12.4 Å². The number of hydrogen-bond acceptors (Lipinski definition) is 3. The van der Waals surface area contributed by atoms with E-state index in [0.29, 0.717) is 0 Å². The molecule has 0 unspecified atom stereocenters. The largest absolute Gasteiger partial charge is 0.478 e. The van der Waals surface area contributed by atoms with Crippen molar-refractivity contribution >= 4 is 5.97 Å². The SMILES string of the molecule is Cc1cc2c(cc1C1(c3ncc(C(=O)O)cn3)CC1)C(C)(C)CCC2(C)C. The monoisotopic (exact) mass is 364 g/mol. The van der Waals surface area contributed by atoms with E-state index in [4.69, 9.17) is 5.11 Å². The molecule has 0 atom stereocenters. The van der Waals surface area contributed by atoms with Crippen molar-refractivity contribution in [3.63, 3.8) is 0 Å². The van der Waals surface area contributed by atoms with Gasteiger partial charge in [-0.3, -0.25) is 0 Å². The third-order valence-electron chi connectivity index (χ3n) is 6.79. The van der Waals surface area contributed by atoms with Gasteiger partial charge in [0.05, 0.1) is 11.0 Å². The van der Waals surface area contributed by atoms with Crippen LogP contribution in [0.1, 0.15) is 91.8 Å². The fourth-order valence-corrected chi connectivity index (χ4v) is 4.66. The topological polar surface area (TPSA) is 63.1 Å². The summed E-state index contributed by atoms with van der Waals surface area (Å²) in [5.74, 6) is -0.233. The number of hydrogen-bond donors (Lipinski definition) is 1. The van der Waals surface area contributed by atoms with Crippen LogP contribution in [0.3, 0.4) is 0 Å². The lowest BCUT2D eigenvalue weighted by atomic mass is 9.62. The van der Waals surface area contributed by atoms with Gasteiger partial charge in [-0.05, 0) is 65.7 Å². The number of aromatic carboxylic acids is 1. The normalized spacial score (nSPS) is 21.4. The summed E-state index contributed by atoms with van der Waals surface area (Å²) in [5, 5.41) is 9.11. The Bertz CT molecular complexity index is 922. The third-order valence-corrected chi connectivity index (χ3v) is 6.79. The van der Waals surface area contributed by atoms with Crippen LogP contribution >= 0.6 is 0 Å². The van der Waals surface area contributed by atoms with E-state index in [1.54, 1.807) is 0 Å². The minimum absolute atomic E-state index is 0.139. The van der Waals surface area contributed by atoms with Gasteiger partial charge in [0.1, 0.15) is 5.82 Å². The molecule has 1 N–H and O–H groups in total. The van der Waals surface area contributed by atoms with Gasteiger partial charge in [-0.25, -0.2) is 14.8 Å². The van der Waals surface area contributed by atoms with Gasteiger partial charge in [-0.1, -0.05) is 39.8 Å². The summed E-state index contributed by atoms with van der Waals surface area (Å²) in [6.07, 6.45) is 7.30. The van der Waals surface area contributed by atoms with Crippen LogP contribution in [0.5, 0.6) is 0 Å². The smallest absolute Gasteiger partial charge is 0.338 e. The molecule has 2 aliphatic rings. The van der Waals surface area contributed by atoms with E-state index in [9.17, 15) is 4.79 Å². The van der Waals surface area contributed by atoms with E-state index >= 15 is 0 Å². The second-order valence-corrected chi connectivity index (χ2v) is 9.66. The highest BCUT2D eigenvalue weighted by molar-refractivity contribution is 5.86. The van der Waals surface area contributed by atoms with Gasteiger partial charge < -0.3 is 5.11 Å². The van der Waals surface area contributed by atoms with Crippen molar-refractivity contribution in [3.8, 4) is 0 Å². The highest BCUT2D eigenvalue weighted by Gasteiger charge is 2.50. The second-order valence-electron chi connectivity index (χ2n) is 9.66. The molecule has 0 bridgehead atoms. The summed E-state index contributed by atoms with van der Waals surface area (Å²) in [7, 11) is 0. The van der Waals surface area contributed by atoms with Crippen molar-refractivity contribution in [1.29, 1.82) is 0 Å². The van der Waals surface area contributed by atoms with Crippen LogP contribution in [-0.4, -0.2) is 21.0 Å². The van der Waals surface area contributed by atoms with Crippen LogP contribution in [0.15, 0.2) is 24.5 Å². The molecular formula is C23H28N2O2. The average Bonchev–Trinajstić information content (AvgIpc) is 3.40. The van der Waals surface area contributed by atoms with Crippen LogP contribution in [0.25, 0.3) is 0 Å². The van der Waals surface area contributed by atoms with Crippen LogP contribution < -0.4 is 0 Å². The molecular weight excluding hydrogens is 336 g/mol. The Labute approximate surface area is 161 Å². The summed E-state index contributed by atoms with van der Waals surface area (Å²) in [4.78, 5) is 20.0. The number of carbonyl (C=O) groups is 1. The highest BCUT2D eigenvalue weighted by atomic mass is 16.4. The maximum atomic E-state index is 11.1. The van der Waals surface area contributed by atoms with Gasteiger partial charge in [-0.2, -0.15) is 0 Å². The van der Waals surface area contributed by atoms with Crippen molar-refractivity contribution in [1.82, 2.24) is 9.97 Å². The number of carboxylic acid groups (broad SMARTS) is 1. The van der Waals surface area contributed by atoms with Crippen LogP contribution in [0.4, 0.5) is 0 Å². The van der Waals surface area contributed by atoms with Gasteiger partial charge >= 0.3 is 5.97 Å². The van der Waals surface area contributed by atoms with Crippen molar-refractivity contribution in [2.24, 2.45) is 0 Å². The van der Waals surface area contributed by atoms with E-state index in [1.165, 1.54) is 47.5 Å². The average molecular weight is 364 g/mol. The van der Waals surface area contributed by atoms with E-state index < -0.39 is 5.97 Å². The van der Waals surface area contributed by atoms with E-state index in [-0.39, 0.29) is 21.8 Å². The Morgan fingerprint density at radius 3 is 1.89 bits per heavy atom. The predicted molar refractivity (Wildman–Crippen MR) is 105 cm³/mol. The number of benzene rings is 1. The maximum Gasteiger partial charge on any atom is 0.338 e. The molecule has 1 fully saturated rings. The number of rotatable bonds is 3. The van der Waals surface area contributed by atoms with Crippen molar-refractivity contribution in [2.45, 2.75) is 76.5 Å². The molecule has 4 nitrogen and oxygen atoms in total. The zero-order valence-corrected chi connectivity index (χ0v) is 16.9. The first-order valence-corrected chi connectivity index (χ1v) is 9.79. The molecule has 0 aliphatic heterocycles. The molecule has 27 heavy (non-hydrogen) atoms. The lowest BCUT2D eigenvalue weighted by molar-refractivity contribution is 0.0696. The molecule has 1 aromatic heterocycles. The second kappa shape index (κ2) is 5.63. The molecule has 4 rings (SSSR count). The molecule has 0 spiro atoms. The fourth-order valence-electron chi connectivity index (χ4n) is 4.66. The lowest BCUT2D eigenvalue weighted by Crippen LogP contribution is -2.34. The Morgan fingerprint density at radius 1 is 0.889 bits per heavy atom. The molecule has 2 aromatic rings. The molecule has 0 radical (unpaired) electrons. The predicted octanol–water partition coefficient (Wildman–Crippen LogP) is 4.91. The number of aryl methyl sites for hydroxylation is 1. The van der Waals surface area contributed by atoms with E-state index in [1.807, 2.05) is 0 Å². The summed E-state index contributed by atoms with van der Waals surface area (Å²) >= 11 is 0. The Morgan fingerprint density at radius 2 is 1.41 bits per heavy atom. The highest BCUT2D eigenvalue weighted by Crippen LogP contribution is 2.55. The van der Waals surface area contributed by atoms with Crippen molar-refractivity contribution in [2.75, 3.05) is 0 Å². The van der Waals surface area contributed by atoms with Crippen LogP contribution in [-0.2, 0) is 16.2 Å². The van der Waals surface area contributed by atoms with Gasteiger partial charge in [-0.15, -0.1) is 0 Å². The molecule has 0 saturated heterocycles. The van der Waals surface area contributed by atoms with Gasteiger partial charge in [0.2, 0.25) is 0 Å². The molecule has 1 aromatic carbocycles. The quantitative estimate of drug-likeness (QED) is 0.840. The molecule has 142 valence electrons. The maximum absolute atomic E-state index is 11.1. The molecule has 1 heterocycles. The zero-order valence-electron chi connectivity index (χ0n) is 16.9. The van der Waals surface area contributed by atoms with Crippen molar-refractivity contribution in [3.05, 3.63) is 58.2 Å². The first-order valence-electron chi connectivity index (χ1n) is 9.79. The Hall–Kier alpha value is -2.23. The lowest BCUT2D eigenvalue weighted by Gasteiger charge is -2.42. The minimum atomic E-state index is -0.986. The summed E-state index contributed by atoms with van der Waals surface area (Å²) in [6, 6.07) is 4.80. The number of fused-ring (bicyclic) bond motifs is 1. The standard InChI is InChI=1S/C23H28N2O2/c1-14-10-17-18(22(4,5)7-6-21(17,2)3)11-16(14)23(8-9-23)20-24-12-15(13-25-20)19(26)27/h10-13H,6-9H2,1-5H3,(H,26,27). The Kier molecular flexibility index (Phi) is 3.79. The van der Waals surface area contributed by atoms with Crippen LogP contribution in [0, 0.1) is 6.92 Å². The summed E-state index contributed by atoms with van der Waals surface area (Å²) in [6.45, 7) is 11.6. The van der Waals surface area contributed by atoms with Crippen molar-refractivity contribution < 1.29 is 9.90 Å². The van der Waals surface area contributed by atoms with Crippen LogP contribution in [0.2, 0.25) is 0 Å². The third kappa shape index (κ3) is 2.77.